The Balaban J connectivity index is 1.48. The average molecular weight is 363 g/mol. The summed E-state index contributed by atoms with van der Waals surface area (Å²) in [7, 11) is 1.58. The van der Waals surface area contributed by atoms with Gasteiger partial charge in [-0.15, -0.1) is 0 Å². The van der Waals surface area contributed by atoms with Gasteiger partial charge in [0.15, 0.2) is 5.17 Å². The SMILES string of the molecule is COc1ccc(NC(=O)C[C@@H]2SC(=NC[C@@H]3CCCO3)NC2=O)cc1. The first-order chi connectivity index (χ1) is 12.1. The molecule has 2 aliphatic rings. The first-order valence-corrected chi connectivity index (χ1v) is 9.09. The van der Waals surface area contributed by atoms with Gasteiger partial charge in [0, 0.05) is 18.7 Å². The summed E-state index contributed by atoms with van der Waals surface area (Å²) in [5.74, 6) is 0.329. The number of carbonyl (C=O) groups excluding carboxylic acids is 2. The van der Waals surface area contributed by atoms with Gasteiger partial charge in [0.1, 0.15) is 11.0 Å². The smallest absolute Gasteiger partial charge is 0.240 e. The van der Waals surface area contributed by atoms with Crippen LogP contribution in [0.25, 0.3) is 0 Å². The fourth-order valence-corrected chi connectivity index (χ4v) is 3.62. The molecule has 2 fully saturated rings. The molecule has 2 N–H and O–H groups in total. The number of rotatable bonds is 6. The predicted molar refractivity (Wildman–Crippen MR) is 97.0 cm³/mol. The van der Waals surface area contributed by atoms with Gasteiger partial charge in [-0.1, -0.05) is 11.8 Å². The molecule has 0 saturated carbocycles. The van der Waals surface area contributed by atoms with Crippen LogP contribution in [-0.2, 0) is 14.3 Å². The van der Waals surface area contributed by atoms with E-state index in [4.69, 9.17) is 9.47 Å². The molecule has 2 heterocycles. The summed E-state index contributed by atoms with van der Waals surface area (Å²) < 4.78 is 10.6. The zero-order valence-electron chi connectivity index (χ0n) is 14.0. The molecule has 8 heteroatoms. The Morgan fingerprint density at radius 3 is 2.92 bits per heavy atom. The minimum Gasteiger partial charge on any atom is -0.497 e. The van der Waals surface area contributed by atoms with Gasteiger partial charge in [0.05, 0.1) is 19.8 Å². The largest absolute Gasteiger partial charge is 0.497 e. The van der Waals surface area contributed by atoms with E-state index in [1.54, 1.807) is 31.4 Å². The zero-order valence-corrected chi connectivity index (χ0v) is 14.8. The quantitative estimate of drug-likeness (QED) is 0.804. The predicted octanol–water partition coefficient (Wildman–Crippen LogP) is 1.79. The van der Waals surface area contributed by atoms with Crippen molar-refractivity contribution in [3.05, 3.63) is 24.3 Å². The third-order valence-corrected chi connectivity index (χ3v) is 5.10. The molecule has 25 heavy (non-hydrogen) atoms. The maximum Gasteiger partial charge on any atom is 0.240 e. The van der Waals surface area contributed by atoms with Crippen molar-refractivity contribution >= 4 is 34.4 Å². The van der Waals surface area contributed by atoms with Gasteiger partial charge in [-0.3, -0.25) is 14.6 Å². The second-order valence-electron chi connectivity index (χ2n) is 5.86. The van der Waals surface area contributed by atoms with Crippen LogP contribution in [0, 0.1) is 0 Å². The number of anilines is 1. The minimum absolute atomic E-state index is 0.0987. The summed E-state index contributed by atoms with van der Waals surface area (Å²) in [6.45, 7) is 1.33. The molecule has 1 aromatic carbocycles. The van der Waals surface area contributed by atoms with Crippen molar-refractivity contribution in [3.8, 4) is 5.75 Å². The molecular formula is C17H21N3O4S. The van der Waals surface area contributed by atoms with E-state index in [0.717, 1.165) is 25.2 Å². The van der Waals surface area contributed by atoms with Crippen LogP contribution in [0.2, 0.25) is 0 Å². The highest BCUT2D eigenvalue weighted by molar-refractivity contribution is 8.15. The number of aliphatic imine (C=N–C) groups is 1. The van der Waals surface area contributed by atoms with Crippen LogP contribution in [0.5, 0.6) is 5.75 Å². The van der Waals surface area contributed by atoms with Crippen LogP contribution in [0.15, 0.2) is 29.3 Å². The van der Waals surface area contributed by atoms with Crippen LogP contribution in [-0.4, -0.2) is 48.6 Å². The molecule has 0 bridgehead atoms. The van der Waals surface area contributed by atoms with Crippen LogP contribution in [0.3, 0.4) is 0 Å². The number of thioether (sulfide) groups is 1. The van der Waals surface area contributed by atoms with E-state index >= 15 is 0 Å². The highest BCUT2D eigenvalue weighted by atomic mass is 32.2. The summed E-state index contributed by atoms with van der Waals surface area (Å²) in [4.78, 5) is 28.6. The normalized spacial score (nSPS) is 24.4. The Bertz CT molecular complexity index is 656. The lowest BCUT2D eigenvalue weighted by atomic mass is 10.2. The van der Waals surface area contributed by atoms with E-state index < -0.39 is 5.25 Å². The summed E-state index contributed by atoms with van der Waals surface area (Å²) >= 11 is 1.30. The molecule has 1 aromatic rings. The Kier molecular flexibility index (Phi) is 5.93. The Morgan fingerprint density at radius 1 is 1.44 bits per heavy atom. The fraction of sp³-hybridized carbons (Fsp3) is 0.471. The lowest BCUT2D eigenvalue weighted by Gasteiger charge is -2.08. The number of carbonyl (C=O) groups is 2. The van der Waals surface area contributed by atoms with Crippen LogP contribution in [0.4, 0.5) is 5.69 Å². The van der Waals surface area contributed by atoms with Crippen molar-refractivity contribution < 1.29 is 19.1 Å². The Morgan fingerprint density at radius 2 is 2.24 bits per heavy atom. The van der Waals surface area contributed by atoms with Gasteiger partial charge >= 0.3 is 0 Å². The summed E-state index contributed by atoms with van der Waals surface area (Å²) in [5, 5.41) is 5.63. The number of benzene rings is 1. The maximum atomic E-state index is 12.1. The average Bonchev–Trinajstić information content (AvgIpc) is 3.24. The van der Waals surface area contributed by atoms with E-state index in [1.807, 2.05) is 0 Å². The molecule has 0 unspecified atom stereocenters. The number of hydrogen-bond donors (Lipinski definition) is 2. The molecule has 7 nitrogen and oxygen atoms in total. The molecule has 3 rings (SSSR count). The summed E-state index contributed by atoms with van der Waals surface area (Å²) in [6, 6.07) is 7.05. The van der Waals surface area contributed by atoms with Gasteiger partial charge in [-0.25, -0.2) is 0 Å². The van der Waals surface area contributed by atoms with Gasteiger partial charge in [-0.05, 0) is 37.1 Å². The van der Waals surface area contributed by atoms with E-state index in [9.17, 15) is 9.59 Å². The van der Waals surface area contributed by atoms with Gasteiger partial charge < -0.3 is 20.1 Å². The lowest BCUT2D eigenvalue weighted by molar-refractivity contribution is -0.122. The van der Waals surface area contributed by atoms with E-state index in [1.165, 1.54) is 11.8 Å². The van der Waals surface area contributed by atoms with E-state index in [0.29, 0.717) is 17.4 Å². The number of hydrogen-bond acceptors (Lipinski definition) is 6. The Labute approximate surface area is 150 Å². The highest BCUT2D eigenvalue weighted by Gasteiger charge is 2.32. The molecule has 2 atom stereocenters. The third-order valence-electron chi connectivity index (χ3n) is 3.98. The third kappa shape index (κ3) is 4.96. The number of nitrogens with zero attached hydrogens (tertiary/aromatic N) is 1. The number of amides is 2. The second-order valence-corrected chi connectivity index (χ2v) is 7.05. The maximum absolute atomic E-state index is 12.1. The standard InChI is InChI=1S/C17H21N3O4S/c1-23-12-6-4-11(5-7-12)19-15(21)9-14-16(22)20-17(25-14)18-10-13-3-2-8-24-13/h4-7,13-14H,2-3,8-10H2,1H3,(H,19,21)(H,18,20,22)/t13-,14-/m0/s1. The molecule has 0 spiro atoms. The van der Waals surface area contributed by atoms with E-state index in [-0.39, 0.29) is 24.3 Å². The number of amidine groups is 1. The minimum atomic E-state index is -0.457. The summed E-state index contributed by atoms with van der Waals surface area (Å²) in [5.41, 5.74) is 0.668. The molecule has 0 radical (unpaired) electrons. The molecule has 2 saturated heterocycles. The molecule has 0 aliphatic carbocycles. The van der Waals surface area contributed by atoms with Crippen molar-refractivity contribution in [1.82, 2.24) is 5.32 Å². The lowest BCUT2D eigenvalue weighted by Crippen LogP contribution is -2.28. The van der Waals surface area contributed by atoms with Crippen molar-refractivity contribution in [2.75, 3.05) is 25.6 Å². The Hall–Kier alpha value is -2.06. The van der Waals surface area contributed by atoms with Crippen LogP contribution >= 0.6 is 11.8 Å². The summed E-state index contributed by atoms with van der Waals surface area (Å²) in [6.07, 6.45) is 2.30. The molecule has 2 aliphatic heterocycles. The van der Waals surface area contributed by atoms with Crippen LogP contribution in [0.1, 0.15) is 19.3 Å². The molecular weight excluding hydrogens is 342 g/mol. The first kappa shape index (κ1) is 17.8. The number of nitrogens with one attached hydrogen (secondary N) is 2. The van der Waals surface area contributed by atoms with Crippen molar-refractivity contribution in [3.63, 3.8) is 0 Å². The monoisotopic (exact) mass is 363 g/mol. The number of ether oxygens (including phenoxy) is 2. The van der Waals surface area contributed by atoms with Crippen LogP contribution < -0.4 is 15.4 Å². The molecule has 2 amide bonds. The van der Waals surface area contributed by atoms with Gasteiger partial charge in [0.2, 0.25) is 11.8 Å². The zero-order chi connectivity index (χ0) is 17.6. The first-order valence-electron chi connectivity index (χ1n) is 8.21. The second kappa shape index (κ2) is 8.35. The number of methoxy groups -OCH3 is 1. The van der Waals surface area contributed by atoms with Crippen molar-refractivity contribution in [2.45, 2.75) is 30.6 Å². The highest BCUT2D eigenvalue weighted by Crippen LogP contribution is 2.24. The molecule has 0 aromatic heterocycles. The van der Waals surface area contributed by atoms with Gasteiger partial charge in [-0.2, -0.15) is 0 Å². The van der Waals surface area contributed by atoms with Crippen molar-refractivity contribution in [2.24, 2.45) is 4.99 Å². The van der Waals surface area contributed by atoms with Crippen molar-refractivity contribution in [1.29, 1.82) is 0 Å². The topological polar surface area (TPSA) is 89.0 Å². The van der Waals surface area contributed by atoms with Gasteiger partial charge in [0.25, 0.3) is 0 Å². The molecule has 134 valence electrons. The fourth-order valence-electron chi connectivity index (χ4n) is 2.64. The van der Waals surface area contributed by atoms with E-state index in [2.05, 4.69) is 15.6 Å².